The fourth-order valence-electron chi connectivity index (χ4n) is 2.97. The number of hydrogen-bond donors (Lipinski definition) is 0. The summed E-state index contributed by atoms with van der Waals surface area (Å²) in [4.78, 5) is 24.8. The van der Waals surface area contributed by atoms with Crippen LogP contribution >= 0.6 is 0 Å². The molecule has 0 saturated heterocycles. The molecule has 0 aliphatic carbocycles. The zero-order valence-electron chi connectivity index (χ0n) is 16.5. The van der Waals surface area contributed by atoms with E-state index >= 15 is 0 Å². The molecule has 30 heavy (non-hydrogen) atoms. The van der Waals surface area contributed by atoms with Gasteiger partial charge in [0.25, 0.3) is 0 Å². The van der Waals surface area contributed by atoms with Gasteiger partial charge in [0.05, 0.1) is 16.9 Å². The summed E-state index contributed by atoms with van der Waals surface area (Å²) in [7, 11) is -3.66. The SMILES string of the molecule is CCCc1ccc(C(=O)COC(=O)c2occc2CS(=O)(=O)c2ccccc2)cc1. The number of hydrogen-bond acceptors (Lipinski definition) is 6. The molecule has 1 heterocycles. The van der Waals surface area contributed by atoms with Crippen LogP contribution in [0.15, 0.2) is 76.2 Å². The Bertz CT molecular complexity index is 1110. The molecule has 0 radical (unpaired) electrons. The summed E-state index contributed by atoms with van der Waals surface area (Å²) in [5.41, 5.74) is 1.75. The number of furan rings is 1. The van der Waals surface area contributed by atoms with E-state index in [9.17, 15) is 18.0 Å². The van der Waals surface area contributed by atoms with Crippen molar-refractivity contribution in [3.8, 4) is 0 Å². The van der Waals surface area contributed by atoms with E-state index in [0.29, 0.717) is 5.56 Å². The van der Waals surface area contributed by atoms with Gasteiger partial charge in [0.1, 0.15) is 0 Å². The lowest BCUT2D eigenvalue weighted by Gasteiger charge is -2.06. The van der Waals surface area contributed by atoms with E-state index in [1.807, 2.05) is 12.1 Å². The van der Waals surface area contributed by atoms with E-state index in [1.165, 1.54) is 24.5 Å². The first-order chi connectivity index (χ1) is 14.4. The lowest BCUT2D eigenvalue weighted by atomic mass is 10.1. The number of ketones is 1. The highest BCUT2D eigenvalue weighted by molar-refractivity contribution is 7.90. The van der Waals surface area contributed by atoms with Crippen LogP contribution in [0.4, 0.5) is 0 Å². The van der Waals surface area contributed by atoms with Gasteiger partial charge in [0, 0.05) is 11.1 Å². The third kappa shape index (κ3) is 5.24. The molecule has 0 bridgehead atoms. The van der Waals surface area contributed by atoms with E-state index in [0.717, 1.165) is 18.4 Å². The van der Waals surface area contributed by atoms with Crippen molar-refractivity contribution in [2.75, 3.05) is 6.61 Å². The van der Waals surface area contributed by atoms with Crippen molar-refractivity contribution in [3.05, 3.63) is 89.4 Å². The first-order valence-corrected chi connectivity index (χ1v) is 11.2. The Hall–Kier alpha value is -3.19. The van der Waals surface area contributed by atoms with Crippen LogP contribution in [0, 0.1) is 0 Å². The van der Waals surface area contributed by atoms with E-state index in [2.05, 4.69) is 6.92 Å². The highest BCUT2D eigenvalue weighted by Gasteiger charge is 2.24. The van der Waals surface area contributed by atoms with Crippen molar-refractivity contribution in [2.45, 2.75) is 30.4 Å². The summed E-state index contributed by atoms with van der Waals surface area (Å²) in [6.07, 6.45) is 3.16. The molecule has 0 aliphatic rings. The summed E-state index contributed by atoms with van der Waals surface area (Å²) in [5, 5.41) is 0. The van der Waals surface area contributed by atoms with Crippen LogP contribution in [0.25, 0.3) is 0 Å². The number of ether oxygens (including phenoxy) is 1. The lowest BCUT2D eigenvalue weighted by Crippen LogP contribution is -2.15. The van der Waals surface area contributed by atoms with Gasteiger partial charge >= 0.3 is 5.97 Å². The van der Waals surface area contributed by atoms with E-state index < -0.39 is 28.2 Å². The van der Waals surface area contributed by atoms with Crippen molar-refractivity contribution in [1.29, 1.82) is 0 Å². The molecule has 0 fully saturated rings. The van der Waals surface area contributed by atoms with Gasteiger partial charge in [-0.15, -0.1) is 0 Å². The Kier molecular flexibility index (Phi) is 6.84. The van der Waals surface area contributed by atoms with Gasteiger partial charge in [0.2, 0.25) is 5.76 Å². The molecule has 0 spiro atoms. The molecule has 7 heteroatoms. The molecule has 3 rings (SSSR count). The highest BCUT2D eigenvalue weighted by Crippen LogP contribution is 2.20. The smallest absolute Gasteiger partial charge is 0.374 e. The number of esters is 1. The van der Waals surface area contributed by atoms with Crippen molar-refractivity contribution < 1.29 is 27.2 Å². The molecule has 0 aliphatic heterocycles. The van der Waals surface area contributed by atoms with E-state index in [4.69, 9.17) is 9.15 Å². The number of sulfone groups is 1. The maximum absolute atomic E-state index is 12.6. The van der Waals surface area contributed by atoms with Gasteiger partial charge in [0.15, 0.2) is 22.2 Å². The summed E-state index contributed by atoms with van der Waals surface area (Å²) in [6, 6.07) is 16.5. The molecule has 0 saturated carbocycles. The van der Waals surface area contributed by atoms with Crippen LogP contribution in [0.3, 0.4) is 0 Å². The number of aryl methyl sites for hydroxylation is 1. The summed E-state index contributed by atoms with van der Waals surface area (Å²) >= 11 is 0. The van der Waals surface area contributed by atoms with Crippen molar-refractivity contribution in [2.24, 2.45) is 0 Å². The second kappa shape index (κ2) is 9.54. The number of benzene rings is 2. The third-order valence-electron chi connectivity index (χ3n) is 4.53. The lowest BCUT2D eigenvalue weighted by molar-refractivity contribution is 0.0443. The first-order valence-electron chi connectivity index (χ1n) is 9.54. The molecule has 0 amide bonds. The topological polar surface area (TPSA) is 90.7 Å². The summed E-state index contributed by atoms with van der Waals surface area (Å²) < 4.78 is 35.3. The average molecular weight is 426 g/mol. The first kappa shape index (κ1) is 21.5. The Balaban J connectivity index is 1.64. The van der Waals surface area contributed by atoms with E-state index in [1.54, 1.807) is 30.3 Å². The van der Waals surface area contributed by atoms with Crippen molar-refractivity contribution in [1.82, 2.24) is 0 Å². The number of carbonyl (C=O) groups is 2. The monoisotopic (exact) mass is 426 g/mol. The maximum Gasteiger partial charge on any atom is 0.374 e. The number of Topliss-reactive ketones (excluding diaryl/α,β-unsaturated/α-hetero) is 1. The van der Waals surface area contributed by atoms with Gasteiger partial charge < -0.3 is 9.15 Å². The van der Waals surface area contributed by atoms with Gasteiger partial charge in [-0.2, -0.15) is 0 Å². The molecule has 0 atom stereocenters. The van der Waals surface area contributed by atoms with Crippen LogP contribution in [0.5, 0.6) is 0 Å². The summed E-state index contributed by atoms with van der Waals surface area (Å²) in [5.74, 6) is -1.86. The minimum absolute atomic E-state index is 0.146. The molecule has 156 valence electrons. The molecule has 1 aromatic heterocycles. The number of rotatable bonds is 9. The molecule has 0 unspecified atom stereocenters. The fourth-order valence-corrected chi connectivity index (χ4v) is 4.35. The fraction of sp³-hybridized carbons (Fsp3) is 0.217. The van der Waals surface area contributed by atoms with Crippen molar-refractivity contribution >= 4 is 21.6 Å². The quantitative estimate of drug-likeness (QED) is 0.375. The van der Waals surface area contributed by atoms with Gasteiger partial charge in [-0.05, 0) is 30.2 Å². The van der Waals surface area contributed by atoms with Crippen LogP contribution in [0.2, 0.25) is 0 Å². The van der Waals surface area contributed by atoms with Crippen LogP contribution in [0.1, 0.15) is 45.4 Å². The van der Waals surface area contributed by atoms with Gasteiger partial charge in [-0.3, -0.25) is 4.79 Å². The highest BCUT2D eigenvalue weighted by atomic mass is 32.2. The Morgan fingerprint density at radius 2 is 1.67 bits per heavy atom. The van der Waals surface area contributed by atoms with Gasteiger partial charge in [-0.25, -0.2) is 13.2 Å². The zero-order valence-corrected chi connectivity index (χ0v) is 17.4. The largest absolute Gasteiger partial charge is 0.457 e. The minimum Gasteiger partial charge on any atom is -0.457 e. The molecule has 2 aromatic carbocycles. The Labute approximate surface area is 175 Å². The van der Waals surface area contributed by atoms with Gasteiger partial charge in [-0.1, -0.05) is 55.8 Å². The third-order valence-corrected chi connectivity index (χ3v) is 6.21. The Morgan fingerprint density at radius 1 is 0.967 bits per heavy atom. The molecular formula is C23H22O6S. The zero-order chi connectivity index (χ0) is 21.6. The van der Waals surface area contributed by atoms with Crippen LogP contribution < -0.4 is 0 Å². The molecule has 6 nitrogen and oxygen atoms in total. The van der Waals surface area contributed by atoms with Crippen LogP contribution in [-0.2, 0) is 26.7 Å². The second-order valence-electron chi connectivity index (χ2n) is 6.79. The minimum atomic E-state index is -3.66. The Morgan fingerprint density at radius 3 is 2.33 bits per heavy atom. The molecule has 0 N–H and O–H groups in total. The number of carbonyl (C=O) groups excluding carboxylic acids is 2. The normalized spacial score (nSPS) is 11.2. The second-order valence-corrected chi connectivity index (χ2v) is 8.78. The molecular weight excluding hydrogens is 404 g/mol. The van der Waals surface area contributed by atoms with E-state index in [-0.39, 0.29) is 22.0 Å². The summed E-state index contributed by atoms with van der Waals surface area (Å²) in [6.45, 7) is 1.62. The van der Waals surface area contributed by atoms with Crippen LogP contribution in [-0.4, -0.2) is 26.8 Å². The maximum atomic E-state index is 12.6. The predicted octanol–water partition coefficient (Wildman–Crippen LogP) is 4.25. The average Bonchev–Trinajstić information content (AvgIpc) is 3.20. The van der Waals surface area contributed by atoms with Crippen molar-refractivity contribution in [3.63, 3.8) is 0 Å². The molecule has 3 aromatic rings. The predicted molar refractivity (Wildman–Crippen MR) is 111 cm³/mol. The standard InChI is InChI=1S/C23H22O6S/c1-2-6-17-9-11-18(12-10-17)21(24)15-29-23(25)22-19(13-14-28-22)16-30(26,27)20-7-4-3-5-8-20/h3-5,7-14H,2,6,15-16H2,1H3.